The van der Waals surface area contributed by atoms with Gasteiger partial charge in [-0.1, -0.05) is 12.1 Å². The van der Waals surface area contributed by atoms with E-state index in [1.54, 1.807) is 32.0 Å². The van der Waals surface area contributed by atoms with Crippen LogP contribution in [-0.2, 0) is 6.42 Å². The number of hydrogen-bond donors (Lipinski definition) is 1. The van der Waals surface area contributed by atoms with Gasteiger partial charge in [0.2, 0.25) is 0 Å². The molecule has 0 bridgehead atoms. The van der Waals surface area contributed by atoms with Crippen molar-refractivity contribution in [2.75, 3.05) is 0 Å². The average Bonchev–Trinajstić information content (AvgIpc) is 2.69. The van der Waals surface area contributed by atoms with Crippen LogP contribution in [0.3, 0.4) is 0 Å². The van der Waals surface area contributed by atoms with Gasteiger partial charge in [-0.15, -0.1) is 0 Å². The van der Waals surface area contributed by atoms with Crippen molar-refractivity contribution in [3.05, 3.63) is 86.1 Å². The number of aromatic amines is 1. The molecular formula is C21H15FN4O2. The lowest BCUT2D eigenvalue weighted by Gasteiger charge is -2.13. The summed E-state index contributed by atoms with van der Waals surface area (Å²) in [6.45, 7) is 3.35. The minimum absolute atomic E-state index is 0.0117. The normalized spacial score (nSPS) is 10.2. The Morgan fingerprint density at radius 3 is 2.36 bits per heavy atom. The van der Waals surface area contributed by atoms with Crippen molar-refractivity contribution in [3.63, 3.8) is 0 Å². The van der Waals surface area contributed by atoms with Crippen LogP contribution in [-0.4, -0.2) is 10.2 Å². The summed E-state index contributed by atoms with van der Waals surface area (Å²) in [5.74, 6) is -0.350. The maximum absolute atomic E-state index is 15.1. The standard InChI is InChI=1S/C21H15FN4O2/c1-12-3-4-16(9-17-5-13(2)21(27)26-25-17)19(22)20(12)28-18-7-14(10-23)6-15(8-18)11-24/h3-8H,9H2,1-2H3,(H,26,27). The number of rotatable bonds is 4. The van der Waals surface area contributed by atoms with Gasteiger partial charge in [0.25, 0.3) is 5.56 Å². The van der Waals surface area contributed by atoms with Crippen LogP contribution >= 0.6 is 0 Å². The number of nitriles is 2. The minimum Gasteiger partial charge on any atom is -0.454 e. The maximum Gasteiger partial charge on any atom is 0.267 e. The maximum atomic E-state index is 15.1. The van der Waals surface area contributed by atoms with E-state index in [0.29, 0.717) is 22.4 Å². The third kappa shape index (κ3) is 3.89. The van der Waals surface area contributed by atoms with E-state index >= 15 is 4.39 Å². The Morgan fingerprint density at radius 2 is 1.75 bits per heavy atom. The fourth-order valence-electron chi connectivity index (χ4n) is 2.70. The molecule has 1 heterocycles. The van der Waals surface area contributed by atoms with Crippen molar-refractivity contribution in [1.29, 1.82) is 10.5 Å². The number of ether oxygens (including phenoxy) is 1. The van der Waals surface area contributed by atoms with Crippen molar-refractivity contribution in [2.45, 2.75) is 20.3 Å². The van der Waals surface area contributed by atoms with E-state index in [0.717, 1.165) is 0 Å². The molecule has 0 aliphatic carbocycles. The van der Waals surface area contributed by atoms with E-state index < -0.39 is 5.82 Å². The van der Waals surface area contributed by atoms with Crippen LogP contribution in [0.5, 0.6) is 11.5 Å². The number of nitrogens with one attached hydrogen (secondary N) is 1. The zero-order valence-electron chi connectivity index (χ0n) is 15.2. The molecule has 1 aromatic heterocycles. The molecule has 0 saturated heterocycles. The minimum atomic E-state index is -0.563. The molecule has 0 saturated carbocycles. The van der Waals surface area contributed by atoms with Gasteiger partial charge in [0, 0.05) is 12.0 Å². The molecule has 0 amide bonds. The van der Waals surface area contributed by atoms with Crippen LogP contribution in [0.25, 0.3) is 0 Å². The second-order valence-electron chi connectivity index (χ2n) is 6.30. The third-order valence-electron chi connectivity index (χ3n) is 4.17. The summed E-state index contributed by atoms with van der Waals surface area (Å²) >= 11 is 0. The molecule has 138 valence electrons. The van der Waals surface area contributed by atoms with Gasteiger partial charge in [0.05, 0.1) is 29.0 Å². The molecular weight excluding hydrogens is 359 g/mol. The lowest BCUT2D eigenvalue weighted by molar-refractivity contribution is 0.435. The lowest BCUT2D eigenvalue weighted by atomic mass is 10.0. The van der Waals surface area contributed by atoms with Gasteiger partial charge in [-0.25, -0.2) is 9.49 Å². The number of nitrogens with zero attached hydrogens (tertiary/aromatic N) is 3. The van der Waals surface area contributed by atoms with Crippen LogP contribution in [0.4, 0.5) is 4.39 Å². The highest BCUT2D eigenvalue weighted by atomic mass is 19.1. The molecule has 0 fully saturated rings. The summed E-state index contributed by atoms with van der Waals surface area (Å²) in [5, 5.41) is 24.5. The molecule has 0 radical (unpaired) electrons. The number of hydrogen-bond acceptors (Lipinski definition) is 5. The van der Waals surface area contributed by atoms with E-state index in [4.69, 9.17) is 15.3 Å². The van der Waals surface area contributed by atoms with E-state index in [-0.39, 0.29) is 34.6 Å². The first-order chi connectivity index (χ1) is 13.4. The molecule has 0 aliphatic rings. The van der Waals surface area contributed by atoms with Crippen LogP contribution in [0.2, 0.25) is 0 Å². The second kappa shape index (κ2) is 7.73. The Balaban J connectivity index is 1.98. The fraction of sp³-hybridized carbons (Fsp3) is 0.143. The predicted molar refractivity (Wildman–Crippen MR) is 99.5 cm³/mol. The Morgan fingerprint density at radius 1 is 1.07 bits per heavy atom. The Kier molecular flexibility index (Phi) is 5.19. The van der Waals surface area contributed by atoms with Crippen LogP contribution < -0.4 is 10.3 Å². The summed E-state index contributed by atoms with van der Waals surface area (Å²) in [6.07, 6.45) is 0.168. The molecule has 0 spiro atoms. The van der Waals surface area contributed by atoms with E-state index in [9.17, 15) is 4.79 Å². The van der Waals surface area contributed by atoms with Crippen LogP contribution in [0.15, 0.2) is 41.2 Å². The van der Waals surface area contributed by atoms with Crippen molar-refractivity contribution in [1.82, 2.24) is 10.2 Å². The first-order valence-corrected chi connectivity index (χ1v) is 8.37. The zero-order valence-corrected chi connectivity index (χ0v) is 15.2. The Labute approximate surface area is 160 Å². The SMILES string of the molecule is Cc1ccc(Cc2cc(C)c(=O)[nH]n2)c(F)c1Oc1cc(C#N)cc(C#N)c1. The molecule has 28 heavy (non-hydrogen) atoms. The number of halogens is 1. The first-order valence-electron chi connectivity index (χ1n) is 8.37. The largest absolute Gasteiger partial charge is 0.454 e. The summed E-state index contributed by atoms with van der Waals surface area (Å²) in [7, 11) is 0. The molecule has 3 aromatic rings. The van der Waals surface area contributed by atoms with Gasteiger partial charge in [0.15, 0.2) is 11.6 Å². The number of benzene rings is 2. The van der Waals surface area contributed by atoms with Crippen LogP contribution in [0.1, 0.15) is 33.5 Å². The number of H-pyrrole nitrogens is 1. The summed E-state index contributed by atoms with van der Waals surface area (Å²) < 4.78 is 20.8. The van der Waals surface area contributed by atoms with Gasteiger partial charge < -0.3 is 4.74 Å². The molecule has 3 rings (SSSR count). The predicted octanol–water partition coefficient (Wildman–Crippen LogP) is 3.65. The molecule has 6 nitrogen and oxygen atoms in total. The van der Waals surface area contributed by atoms with Crippen molar-refractivity contribution in [3.8, 4) is 23.6 Å². The smallest absolute Gasteiger partial charge is 0.267 e. The van der Waals surface area contributed by atoms with Gasteiger partial charge in [-0.05, 0) is 49.2 Å². The van der Waals surface area contributed by atoms with Crippen molar-refractivity contribution >= 4 is 0 Å². The van der Waals surface area contributed by atoms with Crippen molar-refractivity contribution in [2.24, 2.45) is 0 Å². The average molecular weight is 374 g/mol. The summed E-state index contributed by atoms with van der Waals surface area (Å²) in [4.78, 5) is 11.4. The molecule has 0 atom stereocenters. The van der Waals surface area contributed by atoms with E-state index in [2.05, 4.69) is 10.2 Å². The van der Waals surface area contributed by atoms with E-state index in [1.165, 1.54) is 18.2 Å². The molecule has 2 aromatic carbocycles. The van der Waals surface area contributed by atoms with Gasteiger partial charge in [0.1, 0.15) is 5.75 Å². The highest BCUT2D eigenvalue weighted by Gasteiger charge is 2.16. The Bertz CT molecular complexity index is 1170. The fourth-order valence-corrected chi connectivity index (χ4v) is 2.70. The molecule has 7 heteroatoms. The third-order valence-corrected chi connectivity index (χ3v) is 4.17. The van der Waals surface area contributed by atoms with Gasteiger partial charge >= 0.3 is 0 Å². The van der Waals surface area contributed by atoms with Gasteiger partial charge in [-0.2, -0.15) is 15.6 Å². The number of aryl methyl sites for hydroxylation is 2. The molecule has 0 unspecified atom stereocenters. The molecule has 1 N–H and O–H groups in total. The molecule has 0 aliphatic heterocycles. The lowest BCUT2D eigenvalue weighted by Crippen LogP contribution is -2.13. The van der Waals surface area contributed by atoms with E-state index in [1.807, 2.05) is 12.1 Å². The van der Waals surface area contributed by atoms with Crippen LogP contribution in [0, 0.1) is 42.3 Å². The second-order valence-corrected chi connectivity index (χ2v) is 6.30. The summed E-state index contributed by atoms with van der Waals surface area (Å²) in [6, 6.07) is 13.2. The monoisotopic (exact) mass is 374 g/mol. The Hall–Kier alpha value is -3.97. The topological polar surface area (TPSA) is 103 Å². The van der Waals surface area contributed by atoms with Crippen molar-refractivity contribution < 1.29 is 9.13 Å². The quantitative estimate of drug-likeness (QED) is 0.751. The highest BCUT2D eigenvalue weighted by Crippen LogP contribution is 2.32. The zero-order chi connectivity index (χ0) is 20.3. The number of aromatic nitrogens is 2. The highest BCUT2D eigenvalue weighted by molar-refractivity contribution is 5.48. The summed E-state index contributed by atoms with van der Waals surface area (Å²) in [5.41, 5.74) is 2.12. The van der Waals surface area contributed by atoms with Gasteiger partial charge in [-0.3, -0.25) is 4.79 Å². The first kappa shape index (κ1) is 18.8.